The minimum atomic E-state index is 0.224. The van der Waals surface area contributed by atoms with Gasteiger partial charge in [0.1, 0.15) is 0 Å². The van der Waals surface area contributed by atoms with Gasteiger partial charge in [0.25, 0.3) is 0 Å². The molecule has 0 aromatic rings. The number of alkyl halides is 1. The van der Waals surface area contributed by atoms with Crippen molar-refractivity contribution in [2.45, 2.75) is 37.0 Å². The summed E-state index contributed by atoms with van der Waals surface area (Å²) in [6.45, 7) is 4.77. The topological polar surface area (TPSA) is 0 Å². The number of halogens is 2. The van der Waals surface area contributed by atoms with Gasteiger partial charge >= 0.3 is 0 Å². The maximum absolute atomic E-state index is 2.55. The normalized spacial score (nSPS) is 30.4. The zero-order valence-corrected chi connectivity index (χ0v) is 14.5. The van der Waals surface area contributed by atoms with E-state index in [1.54, 1.807) is 22.3 Å². The zero-order valence-electron chi connectivity index (χ0n) is 10.2. The number of rotatable bonds is 0. The molecule has 0 saturated heterocycles. The summed E-state index contributed by atoms with van der Waals surface area (Å²) in [6, 6.07) is 0. The average molecular weight is 450 g/mol. The van der Waals surface area contributed by atoms with E-state index in [9.17, 15) is 0 Å². The molecule has 90 valence electrons. The summed E-state index contributed by atoms with van der Waals surface area (Å²) in [5.74, 6) is 0. The van der Waals surface area contributed by atoms with Gasteiger partial charge in [-0.15, -0.1) is 0 Å². The second-order valence-corrected chi connectivity index (χ2v) is 8.54. The van der Waals surface area contributed by atoms with Gasteiger partial charge in [-0.2, -0.15) is 0 Å². The van der Waals surface area contributed by atoms with E-state index in [2.05, 4.69) is 77.3 Å². The van der Waals surface area contributed by atoms with Crippen molar-refractivity contribution in [1.82, 2.24) is 0 Å². The molecule has 0 spiro atoms. The lowest BCUT2D eigenvalue weighted by molar-refractivity contribution is 0.571. The maximum atomic E-state index is 2.55. The van der Waals surface area contributed by atoms with E-state index in [0.29, 0.717) is 3.92 Å². The van der Waals surface area contributed by atoms with E-state index >= 15 is 0 Å². The molecule has 3 aliphatic rings. The summed E-state index contributed by atoms with van der Waals surface area (Å²) in [5, 5.41) is 0. The molecule has 0 aliphatic heterocycles. The molecule has 0 bridgehead atoms. The van der Waals surface area contributed by atoms with Crippen LogP contribution in [0.25, 0.3) is 0 Å². The molecule has 0 amide bonds. The lowest BCUT2D eigenvalue weighted by Gasteiger charge is -2.26. The van der Waals surface area contributed by atoms with E-state index in [-0.39, 0.29) is 5.41 Å². The third kappa shape index (κ3) is 1.90. The molecule has 1 unspecified atom stereocenters. The average Bonchev–Trinajstić information content (AvgIpc) is 2.49. The summed E-state index contributed by atoms with van der Waals surface area (Å²) in [6.07, 6.45) is 11.1. The van der Waals surface area contributed by atoms with Crippen LogP contribution < -0.4 is 0 Å². The van der Waals surface area contributed by atoms with Crippen LogP contribution in [0.2, 0.25) is 0 Å². The van der Waals surface area contributed by atoms with E-state index in [4.69, 9.17) is 0 Å². The highest BCUT2D eigenvalue weighted by Gasteiger charge is 2.41. The van der Waals surface area contributed by atoms with Crippen LogP contribution in [0, 0.1) is 5.41 Å². The highest BCUT2D eigenvalue weighted by molar-refractivity contribution is 14.1. The quantitative estimate of drug-likeness (QED) is 0.338. The Labute approximate surface area is 131 Å². The lowest BCUT2D eigenvalue weighted by Crippen LogP contribution is -2.15. The lowest BCUT2D eigenvalue weighted by atomic mass is 9.78. The number of hydrogen-bond donors (Lipinski definition) is 0. The molecule has 0 aromatic carbocycles. The fourth-order valence-electron chi connectivity index (χ4n) is 3.19. The van der Waals surface area contributed by atoms with E-state index in [1.807, 2.05) is 0 Å². The second kappa shape index (κ2) is 4.22. The molecule has 0 nitrogen and oxygen atoms in total. The standard InChI is InChI=1S/C15H16I2/c1-15(2)13-7-9(16)3-5-11(13)12-6-4-10(17)8-14(12)15/h5,7-9H,3-4,6H2,1-2H3. The number of hydrogen-bond acceptors (Lipinski definition) is 0. The number of fused-ring (bicyclic) bond motifs is 2. The molecule has 17 heavy (non-hydrogen) atoms. The fraction of sp³-hybridized carbons (Fsp3) is 0.467. The smallest absolute Gasteiger partial charge is 0.0330 e. The molecule has 0 fully saturated rings. The van der Waals surface area contributed by atoms with Gasteiger partial charge in [0, 0.05) is 9.34 Å². The molecule has 0 N–H and O–H groups in total. The predicted molar refractivity (Wildman–Crippen MR) is 90.7 cm³/mol. The van der Waals surface area contributed by atoms with Crippen LogP contribution in [-0.2, 0) is 0 Å². The molecule has 3 aliphatic carbocycles. The molecule has 1 atom stereocenters. The van der Waals surface area contributed by atoms with Gasteiger partial charge in [-0.25, -0.2) is 0 Å². The third-order valence-corrected chi connectivity index (χ3v) is 5.82. The Balaban J connectivity index is 2.18. The van der Waals surface area contributed by atoms with Gasteiger partial charge in [0.05, 0.1) is 0 Å². The van der Waals surface area contributed by atoms with Crippen molar-refractivity contribution >= 4 is 45.2 Å². The van der Waals surface area contributed by atoms with Crippen LogP contribution in [0.4, 0.5) is 0 Å². The van der Waals surface area contributed by atoms with E-state index < -0.39 is 0 Å². The zero-order chi connectivity index (χ0) is 12.2. The van der Waals surface area contributed by atoms with Crippen LogP contribution in [0.5, 0.6) is 0 Å². The molecular formula is C15H16I2. The first-order valence-corrected chi connectivity index (χ1v) is 8.49. The molecule has 0 aromatic heterocycles. The van der Waals surface area contributed by atoms with E-state index in [1.165, 1.54) is 22.8 Å². The molecule has 3 rings (SSSR count). The summed E-state index contributed by atoms with van der Waals surface area (Å²) < 4.78 is 2.19. The minimum absolute atomic E-state index is 0.224. The van der Waals surface area contributed by atoms with Crippen molar-refractivity contribution in [2.75, 3.05) is 0 Å². The number of allylic oxidation sites excluding steroid dienone is 8. The van der Waals surface area contributed by atoms with Crippen molar-refractivity contribution in [3.8, 4) is 0 Å². The highest BCUT2D eigenvalue weighted by Crippen LogP contribution is 2.55. The van der Waals surface area contributed by atoms with Crippen molar-refractivity contribution < 1.29 is 0 Å². The second-order valence-electron chi connectivity index (χ2n) is 5.56. The highest BCUT2D eigenvalue weighted by atomic mass is 127. The molecule has 2 heteroatoms. The fourth-order valence-corrected chi connectivity index (χ4v) is 4.38. The SMILES string of the molecule is CC1(C)C2=CC(I)CC=C2C2=C1C=C(I)CC2. The monoisotopic (exact) mass is 450 g/mol. The van der Waals surface area contributed by atoms with Gasteiger partial charge in [-0.05, 0) is 73.8 Å². The van der Waals surface area contributed by atoms with Crippen molar-refractivity contribution in [3.63, 3.8) is 0 Å². The summed E-state index contributed by atoms with van der Waals surface area (Å²) in [4.78, 5) is 0. The van der Waals surface area contributed by atoms with Crippen LogP contribution >= 0.6 is 45.2 Å². The van der Waals surface area contributed by atoms with E-state index in [0.717, 1.165) is 0 Å². The molecule has 0 saturated carbocycles. The minimum Gasteiger partial charge on any atom is -0.0777 e. The molecule has 0 heterocycles. The van der Waals surface area contributed by atoms with Crippen molar-refractivity contribution in [3.05, 3.63) is 44.1 Å². The first kappa shape index (κ1) is 12.5. The van der Waals surface area contributed by atoms with Crippen molar-refractivity contribution in [2.24, 2.45) is 5.41 Å². The summed E-state index contributed by atoms with van der Waals surface area (Å²) in [7, 11) is 0. The van der Waals surface area contributed by atoms with Crippen molar-refractivity contribution in [1.29, 1.82) is 0 Å². The Morgan fingerprint density at radius 1 is 1.29 bits per heavy atom. The Hall–Kier alpha value is 0.420. The molecule has 0 radical (unpaired) electrons. The molecular weight excluding hydrogens is 434 g/mol. The first-order chi connectivity index (χ1) is 8.00. The summed E-state index contributed by atoms with van der Waals surface area (Å²) >= 11 is 5.05. The predicted octanol–water partition coefficient (Wildman–Crippen LogP) is 5.50. The third-order valence-electron chi connectivity index (χ3n) is 4.10. The Bertz CT molecular complexity index is 501. The van der Waals surface area contributed by atoms with Gasteiger partial charge < -0.3 is 0 Å². The Morgan fingerprint density at radius 3 is 2.82 bits per heavy atom. The first-order valence-electron chi connectivity index (χ1n) is 6.17. The van der Waals surface area contributed by atoms with Gasteiger partial charge in [-0.3, -0.25) is 0 Å². The van der Waals surface area contributed by atoms with Crippen LogP contribution in [-0.4, -0.2) is 3.92 Å². The Morgan fingerprint density at radius 2 is 2.06 bits per heavy atom. The summed E-state index contributed by atoms with van der Waals surface area (Å²) in [5.41, 5.74) is 6.58. The maximum Gasteiger partial charge on any atom is 0.0330 e. The van der Waals surface area contributed by atoms with Crippen LogP contribution in [0.1, 0.15) is 33.1 Å². The van der Waals surface area contributed by atoms with Gasteiger partial charge in [0.2, 0.25) is 0 Å². The van der Waals surface area contributed by atoms with Gasteiger partial charge in [-0.1, -0.05) is 48.6 Å². The van der Waals surface area contributed by atoms with Crippen LogP contribution in [0.15, 0.2) is 44.1 Å². The van der Waals surface area contributed by atoms with Gasteiger partial charge in [0.15, 0.2) is 0 Å². The van der Waals surface area contributed by atoms with Crippen LogP contribution in [0.3, 0.4) is 0 Å². The Kier molecular flexibility index (Phi) is 3.09. The largest absolute Gasteiger partial charge is 0.0777 e.